The van der Waals surface area contributed by atoms with Crippen LogP contribution in [-0.4, -0.2) is 35.1 Å². The summed E-state index contributed by atoms with van der Waals surface area (Å²) in [5.41, 5.74) is 1.66. The highest BCUT2D eigenvalue weighted by atomic mass is 35.5. The summed E-state index contributed by atoms with van der Waals surface area (Å²) in [5.74, 6) is 0. The first-order valence-corrected chi connectivity index (χ1v) is 7.73. The molecular formula is C15H22ClN3. The lowest BCUT2D eigenvalue weighted by Crippen LogP contribution is -2.61. The van der Waals surface area contributed by atoms with Gasteiger partial charge in [-0.15, -0.1) is 0 Å². The maximum atomic E-state index is 5.86. The minimum Gasteiger partial charge on any atom is -0.314 e. The molecule has 19 heavy (non-hydrogen) atoms. The molecule has 2 aliphatic rings. The van der Waals surface area contributed by atoms with Crippen LogP contribution in [0.25, 0.3) is 0 Å². The van der Waals surface area contributed by atoms with Gasteiger partial charge in [0.2, 0.25) is 0 Å². The average Bonchev–Trinajstić information content (AvgIpc) is 2.45. The van der Waals surface area contributed by atoms with Crippen LogP contribution in [0.4, 0.5) is 0 Å². The molecule has 3 rings (SSSR count). The molecule has 0 atom stereocenters. The number of hydrogen-bond acceptors (Lipinski definition) is 3. The van der Waals surface area contributed by atoms with Gasteiger partial charge in [0.25, 0.3) is 0 Å². The number of nitrogens with zero attached hydrogens (tertiary/aromatic N) is 2. The Morgan fingerprint density at radius 2 is 2.11 bits per heavy atom. The third kappa shape index (κ3) is 2.93. The minimum atomic E-state index is 0.385. The maximum absolute atomic E-state index is 5.86. The van der Waals surface area contributed by atoms with E-state index in [0.29, 0.717) is 10.7 Å². The van der Waals surface area contributed by atoms with Crippen LogP contribution in [0.5, 0.6) is 0 Å². The summed E-state index contributed by atoms with van der Waals surface area (Å²) in [6, 6.07) is 4.00. The number of halogens is 1. The Balaban J connectivity index is 1.75. The van der Waals surface area contributed by atoms with Crippen molar-refractivity contribution in [1.29, 1.82) is 0 Å². The van der Waals surface area contributed by atoms with Crippen LogP contribution >= 0.6 is 11.6 Å². The first-order valence-electron chi connectivity index (χ1n) is 7.35. The summed E-state index contributed by atoms with van der Waals surface area (Å²) in [6.45, 7) is 4.39. The zero-order valence-corrected chi connectivity index (χ0v) is 12.1. The lowest BCUT2D eigenvalue weighted by Gasteiger charge is -2.50. The molecular weight excluding hydrogens is 258 g/mol. The van der Waals surface area contributed by atoms with Gasteiger partial charge in [-0.25, -0.2) is 4.98 Å². The summed E-state index contributed by atoms with van der Waals surface area (Å²) in [7, 11) is 0. The molecule has 1 spiro atoms. The van der Waals surface area contributed by atoms with Gasteiger partial charge in [-0.1, -0.05) is 36.9 Å². The van der Waals surface area contributed by atoms with Gasteiger partial charge in [-0.2, -0.15) is 0 Å². The summed E-state index contributed by atoms with van der Waals surface area (Å²) in [4.78, 5) is 6.88. The average molecular weight is 280 g/mol. The van der Waals surface area contributed by atoms with Crippen molar-refractivity contribution >= 4 is 11.6 Å². The Labute approximate surface area is 120 Å². The predicted molar refractivity (Wildman–Crippen MR) is 78.3 cm³/mol. The van der Waals surface area contributed by atoms with Crippen molar-refractivity contribution in [2.45, 2.75) is 44.2 Å². The summed E-state index contributed by atoms with van der Waals surface area (Å²) >= 11 is 5.86. The monoisotopic (exact) mass is 279 g/mol. The standard InChI is InChI=1S/C15H22ClN3/c16-14-5-4-13(10-18-14)11-19-9-8-17-12-15(19)6-2-1-3-7-15/h4-5,10,17H,1-3,6-9,11-12H2. The van der Waals surface area contributed by atoms with Crippen molar-refractivity contribution in [3.8, 4) is 0 Å². The molecule has 0 bridgehead atoms. The van der Waals surface area contributed by atoms with E-state index < -0.39 is 0 Å². The van der Waals surface area contributed by atoms with Gasteiger partial charge in [-0.3, -0.25) is 4.90 Å². The second-order valence-electron chi connectivity index (χ2n) is 5.87. The van der Waals surface area contributed by atoms with Crippen molar-refractivity contribution in [3.05, 3.63) is 29.0 Å². The van der Waals surface area contributed by atoms with Gasteiger partial charge in [0, 0.05) is 37.9 Å². The van der Waals surface area contributed by atoms with E-state index in [2.05, 4.69) is 21.3 Å². The normalized spacial score (nSPS) is 23.6. The Kier molecular flexibility index (Phi) is 4.06. The SMILES string of the molecule is Clc1ccc(CN2CCNCC23CCCCC3)cn1. The molecule has 2 fully saturated rings. The number of rotatable bonds is 2. The Morgan fingerprint density at radius 3 is 2.84 bits per heavy atom. The Morgan fingerprint density at radius 1 is 1.26 bits per heavy atom. The number of hydrogen-bond donors (Lipinski definition) is 1. The highest BCUT2D eigenvalue weighted by Crippen LogP contribution is 2.35. The summed E-state index contributed by atoms with van der Waals surface area (Å²) in [6.07, 6.45) is 8.73. The van der Waals surface area contributed by atoms with Gasteiger partial charge < -0.3 is 5.32 Å². The fourth-order valence-electron chi connectivity index (χ4n) is 3.55. The van der Waals surface area contributed by atoms with Crippen molar-refractivity contribution in [3.63, 3.8) is 0 Å². The first-order chi connectivity index (χ1) is 9.28. The fraction of sp³-hybridized carbons (Fsp3) is 0.667. The van der Waals surface area contributed by atoms with Gasteiger partial charge in [0.1, 0.15) is 5.15 Å². The van der Waals surface area contributed by atoms with E-state index in [4.69, 9.17) is 11.6 Å². The summed E-state index contributed by atoms with van der Waals surface area (Å²) < 4.78 is 0. The second kappa shape index (κ2) is 5.78. The number of pyridine rings is 1. The largest absolute Gasteiger partial charge is 0.314 e. The quantitative estimate of drug-likeness (QED) is 0.844. The molecule has 1 aromatic heterocycles. The molecule has 0 aromatic carbocycles. The molecule has 1 saturated heterocycles. The first kappa shape index (κ1) is 13.3. The van der Waals surface area contributed by atoms with Gasteiger partial charge in [-0.05, 0) is 24.5 Å². The molecule has 1 aliphatic heterocycles. The van der Waals surface area contributed by atoms with E-state index in [9.17, 15) is 0 Å². The van der Waals surface area contributed by atoms with E-state index in [-0.39, 0.29) is 0 Å². The molecule has 2 heterocycles. The van der Waals surface area contributed by atoms with E-state index in [1.807, 2.05) is 12.3 Å². The lowest BCUT2D eigenvalue weighted by atomic mass is 9.79. The van der Waals surface area contributed by atoms with Crippen LogP contribution in [-0.2, 0) is 6.54 Å². The topological polar surface area (TPSA) is 28.2 Å². The molecule has 0 radical (unpaired) electrons. The van der Waals surface area contributed by atoms with Crippen LogP contribution in [0, 0.1) is 0 Å². The van der Waals surface area contributed by atoms with Crippen LogP contribution in [0.15, 0.2) is 18.3 Å². The van der Waals surface area contributed by atoms with Crippen LogP contribution in [0.2, 0.25) is 5.15 Å². The zero-order valence-electron chi connectivity index (χ0n) is 11.4. The molecule has 4 heteroatoms. The second-order valence-corrected chi connectivity index (χ2v) is 6.26. The van der Waals surface area contributed by atoms with Crippen LogP contribution < -0.4 is 5.32 Å². The van der Waals surface area contributed by atoms with E-state index in [0.717, 1.165) is 26.2 Å². The van der Waals surface area contributed by atoms with Crippen LogP contribution in [0.1, 0.15) is 37.7 Å². The van der Waals surface area contributed by atoms with E-state index >= 15 is 0 Å². The third-order valence-electron chi connectivity index (χ3n) is 4.63. The van der Waals surface area contributed by atoms with Crippen molar-refractivity contribution in [2.75, 3.05) is 19.6 Å². The maximum Gasteiger partial charge on any atom is 0.129 e. The third-order valence-corrected chi connectivity index (χ3v) is 4.85. The highest BCUT2D eigenvalue weighted by molar-refractivity contribution is 6.29. The smallest absolute Gasteiger partial charge is 0.129 e. The molecule has 104 valence electrons. The molecule has 1 N–H and O–H groups in total. The molecule has 3 nitrogen and oxygen atoms in total. The van der Waals surface area contributed by atoms with E-state index in [1.165, 1.54) is 37.7 Å². The van der Waals surface area contributed by atoms with E-state index in [1.54, 1.807) is 0 Å². The molecule has 0 unspecified atom stereocenters. The van der Waals surface area contributed by atoms with Gasteiger partial charge in [0.05, 0.1) is 0 Å². The van der Waals surface area contributed by atoms with Crippen molar-refractivity contribution < 1.29 is 0 Å². The van der Waals surface area contributed by atoms with Gasteiger partial charge in [0.15, 0.2) is 0 Å². The van der Waals surface area contributed by atoms with Crippen molar-refractivity contribution in [1.82, 2.24) is 15.2 Å². The number of piperazine rings is 1. The van der Waals surface area contributed by atoms with Crippen LogP contribution in [0.3, 0.4) is 0 Å². The Hall–Kier alpha value is -0.640. The molecule has 1 aliphatic carbocycles. The summed E-state index contributed by atoms with van der Waals surface area (Å²) in [5, 5.41) is 4.17. The Bertz CT molecular complexity index is 404. The highest BCUT2D eigenvalue weighted by Gasteiger charge is 2.39. The number of aromatic nitrogens is 1. The molecule has 1 saturated carbocycles. The van der Waals surface area contributed by atoms with Gasteiger partial charge >= 0.3 is 0 Å². The fourth-order valence-corrected chi connectivity index (χ4v) is 3.67. The van der Waals surface area contributed by atoms with Crippen molar-refractivity contribution in [2.24, 2.45) is 0 Å². The lowest BCUT2D eigenvalue weighted by molar-refractivity contribution is 0.0208. The molecule has 1 aromatic rings. The molecule has 0 amide bonds. The number of nitrogens with one attached hydrogen (secondary N) is 1. The predicted octanol–water partition coefficient (Wildman–Crippen LogP) is 2.84. The minimum absolute atomic E-state index is 0.385. The zero-order chi connectivity index (χ0) is 13.1.